The van der Waals surface area contributed by atoms with Crippen LogP contribution in [0.2, 0.25) is 5.02 Å². The van der Waals surface area contributed by atoms with Gasteiger partial charge in [-0.2, -0.15) is 0 Å². The first kappa shape index (κ1) is 21.9. The summed E-state index contributed by atoms with van der Waals surface area (Å²) in [6, 6.07) is 18.9. The van der Waals surface area contributed by atoms with Crippen molar-refractivity contribution >= 4 is 17.5 Å². The highest BCUT2D eigenvalue weighted by atomic mass is 35.5. The molecule has 1 aliphatic carbocycles. The second kappa shape index (κ2) is 8.81. The summed E-state index contributed by atoms with van der Waals surface area (Å²) < 4.78 is 0. The molecule has 5 atom stereocenters. The van der Waals surface area contributed by atoms with Crippen molar-refractivity contribution in [3.63, 3.8) is 0 Å². The van der Waals surface area contributed by atoms with Gasteiger partial charge in [0.1, 0.15) is 5.54 Å². The molecule has 6 rings (SSSR count). The molecular weight excluding hydrogens is 418 g/mol. The predicted octanol–water partition coefficient (Wildman–Crippen LogP) is 4.13. The third kappa shape index (κ3) is 3.98. The molecule has 3 saturated heterocycles. The summed E-state index contributed by atoms with van der Waals surface area (Å²) in [5.74, 6) is 2.31. The minimum atomic E-state index is -0.502. The van der Waals surface area contributed by atoms with Gasteiger partial charge in [-0.15, -0.1) is 0 Å². The number of fused-ring (bicyclic) bond motifs is 1. The number of halogens is 1. The van der Waals surface area contributed by atoms with Crippen molar-refractivity contribution in [1.29, 1.82) is 0 Å². The number of hydrogen-bond donors (Lipinski definition) is 2. The molecule has 4 fully saturated rings. The minimum Gasteiger partial charge on any atom is -0.350 e. The van der Waals surface area contributed by atoms with Crippen LogP contribution >= 0.6 is 11.6 Å². The first-order chi connectivity index (χ1) is 15.5. The maximum absolute atomic E-state index is 13.8. The van der Waals surface area contributed by atoms with Crippen LogP contribution in [-0.4, -0.2) is 42.0 Å². The van der Waals surface area contributed by atoms with Crippen LogP contribution in [0.1, 0.15) is 31.4 Å². The van der Waals surface area contributed by atoms with E-state index in [0.29, 0.717) is 30.3 Å². The Morgan fingerprint density at radius 3 is 2.62 bits per heavy atom. The molecule has 3 aliphatic heterocycles. The van der Waals surface area contributed by atoms with Gasteiger partial charge >= 0.3 is 0 Å². The Morgan fingerprint density at radius 2 is 1.91 bits per heavy atom. The zero-order valence-corrected chi connectivity index (χ0v) is 19.8. The van der Waals surface area contributed by atoms with Gasteiger partial charge in [-0.05, 0) is 53.9 Å². The lowest BCUT2D eigenvalue weighted by Crippen LogP contribution is -2.74. The Kier molecular flexibility index (Phi) is 6.04. The number of amides is 1. The summed E-state index contributed by atoms with van der Waals surface area (Å²) in [4.78, 5) is 16.6. The Bertz CT molecular complexity index is 947. The molecule has 0 spiro atoms. The van der Waals surface area contributed by atoms with Gasteiger partial charge in [0.15, 0.2) is 0 Å². The molecule has 0 aromatic heterocycles. The van der Waals surface area contributed by atoms with E-state index in [9.17, 15) is 4.79 Å². The van der Waals surface area contributed by atoms with Crippen molar-refractivity contribution in [2.75, 3.05) is 19.6 Å². The number of benzene rings is 2. The maximum atomic E-state index is 13.8. The first-order valence-corrected chi connectivity index (χ1v) is 12.4. The molecule has 32 heavy (non-hydrogen) atoms. The molecule has 0 radical (unpaired) electrons. The summed E-state index contributed by atoms with van der Waals surface area (Å²) in [6.45, 7) is 8.34. The first-order valence-electron chi connectivity index (χ1n) is 12.0. The van der Waals surface area contributed by atoms with Crippen molar-refractivity contribution in [2.24, 2.45) is 23.7 Å². The zero-order chi connectivity index (χ0) is 22.3. The number of nitrogens with zero attached hydrogens (tertiary/aromatic N) is 1. The van der Waals surface area contributed by atoms with E-state index in [1.165, 1.54) is 5.56 Å². The van der Waals surface area contributed by atoms with Crippen LogP contribution in [0.5, 0.6) is 0 Å². The molecule has 4 aliphatic rings. The molecule has 2 aromatic carbocycles. The van der Waals surface area contributed by atoms with Crippen molar-refractivity contribution in [2.45, 2.75) is 44.8 Å². The lowest BCUT2D eigenvalue weighted by atomic mass is 9.58. The third-order valence-electron chi connectivity index (χ3n) is 7.89. The number of carbonyl (C=O) groups excluding carboxylic acids is 1. The molecule has 1 amide bonds. The van der Waals surface area contributed by atoms with Crippen LogP contribution < -0.4 is 10.6 Å². The van der Waals surface area contributed by atoms with E-state index in [1.54, 1.807) is 0 Å². The average Bonchev–Trinajstić information content (AvgIpc) is 3.08. The Labute approximate surface area is 196 Å². The Balaban J connectivity index is 1.43. The average molecular weight is 452 g/mol. The molecule has 4 bridgehead atoms. The fourth-order valence-corrected chi connectivity index (χ4v) is 6.76. The van der Waals surface area contributed by atoms with Crippen molar-refractivity contribution in [3.8, 4) is 0 Å². The van der Waals surface area contributed by atoms with E-state index in [1.807, 2.05) is 24.3 Å². The monoisotopic (exact) mass is 451 g/mol. The third-order valence-corrected chi connectivity index (χ3v) is 8.14. The highest BCUT2D eigenvalue weighted by Gasteiger charge is 2.64. The van der Waals surface area contributed by atoms with Crippen molar-refractivity contribution in [3.05, 3.63) is 70.7 Å². The lowest BCUT2D eigenvalue weighted by Gasteiger charge is -2.56. The fraction of sp³-hybridized carbons (Fsp3) is 0.519. The zero-order valence-electron chi connectivity index (χ0n) is 19.1. The van der Waals surface area contributed by atoms with Gasteiger partial charge in [-0.1, -0.05) is 67.9 Å². The summed E-state index contributed by atoms with van der Waals surface area (Å²) in [6.07, 6.45) is 1.87. The fourth-order valence-electron chi connectivity index (χ4n) is 6.64. The molecule has 1 saturated carbocycles. The lowest BCUT2D eigenvalue weighted by molar-refractivity contribution is -0.138. The maximum Gasteiger partial charge on any atom is 0.240 e. The Morgan fingerprint density at radius 1 is 1.16 bits per heavy atom. The highest BCUT2D eigenvalue weighted by molar-refractivity contribution is 6.30. The number of likely N-dealkylation sites (tertiary alicyclic amines) is 1. The largest absolute Gasteiger partial charge is 0.350 e. The van der Waals surface area contributed by atoms with E-state index in [2.05, 4.69) is 59.7 Å². The molecule has 2 N–H and O–H groups in total. The molecule has 4 nitrogen and oxygen atoms in total. The SMILES string of the molecule is CC(C)CN1CC2CC3(C(=O)NCc4ccc(Cl)cc4)NCC2C1C3Cc1ccccc1. The number of rotatable bonds is 7. The quantitative estimate of drug-likeness (QED) is 0.665. The summed E-state index contributed by atoms with van der Waals surface area (Å²) in [7, 11) is 0. The van der Waals surface area contributed by atoms with Gasteiger partial charge in [-0.3, -0.25) is 9.69 Å². The van der Waals surface area contributed by atoms with E-state index in [-0.39, 0.29) is 11.8 Å². The molecule has 170 valence electrons. The summed E-state index contributed by atoms with van der Waals surface area (Å²) in [5.41, 5.74) is 1.90. The predicted molar refractivity (Wildman–Crippen MR) is 129 cm³/mol. The van der Waals surface area contributed by atoms with E-state index >= 15 is 0 Å². The van der Waals surface area contributed by atoms with E-state index in [4.69, 9.17) is 11.6 Å². The minimum absolute atomic E-state index is 0.160. The van der Waals surface area contributed by atoms with Crippen molar-refractivity contribution in [1.82, 2.24) is 15.5 Å². The number of hydrogen-bond acceptors (Lipinski definition) is 3. The second-order valence-corrected chi connectivity index (χ2v) is 10.9. The topological polar surface area (TPSA) is 44.4 Å². The van der Waals surface area contributed by atoms with Gasteiger partial charge < -0.3 is 10.6 Å². The molecule has 5 heteroatoms. The normalized spacial score (nSPS) is 31.2. The second-order valence-electron chi connectivity index (χ2n) is 10.4. The van der Waals surface area contributed by atoms with Gasteiger partial charge in [0.2, 0.25) is 5.91 Å². The molecule has 3 heterocycles. The number of nitrogens with one attached hydrogen (secondary N) is 2. The van der Waals surface area contributed by atoms with Gasteiger partial charge in [0, 0.05) is 43.2 Å². The van der Waals surface area contributed by atoms with Crippen LogP contribution in [0.15, 0.2) is 54.6 Å². The summed E-state index contributed by atoms with van der Waals surface area (Å²) in [5, 5.41) is 7.76. The van der Waals surface area contributed by atoms with E-state index < -0.39 is 5.54 Å². The van der Waals surface area contributed by atoms with E-state index in [0.717, 1.165) is 43.1 Å². The van der Waals surface area contributed by atoms with Crippen LogP contribution in [0.4, 0.5) is 0 Å². The number of carbonyl (C=O) groups is 1. The molecular formula is C27H34ClN3O. The molecule has 2 aromatic rings. The van der Waals surface area contributed by atoms with Crippen LogP contribution in [-0.2, 0) is 17.8 Å². The van der Waals surface area contributed by atoms with Crippen molar-refractivity contribution < 1.29 is 4.79 Å². The van der Waals surface area contributed by atoms with Crippen LogP contribution in [0.25, 0.3) is 0 Å². The van der Waals surface area contributed by atoms with Crippen LogP contribution in [0, 0.1) is 23.7 Å². The molecule has 5 unspecified atom stereocenters. The van der Waals surface area contributed by atoms with Gasteiger partial charge in [0.25, 0.3) is 0 Å². The van der Waals surface area contributed by atoms with Gasteiger partial charge in [-0.25, -0.2) is 0 Å². The number of piperidine rings is 2. The highest BCUT2D eigenvalue weighted by Crippen LogP contribution is 2.53. The van der Waals surface area contributed by atoms with Crippen LogP contribution in [0.3, 0.4) is 0 Å². The Hall–Kier alpha value is -1.88. The van der Waals surface area contributed by atoms with Gasteiger partial charge in [0.05, 0.1) is 0 Å². The summed E-state index contributed by atoms with van der Waals surface area (Å²) >= 11 is 6.03. The standard InChI is InChI=1S/C27H34ClN3O/c1-18(2)16-31-17-21-13-27(26(32)29-14-20-8-10-22(28)11-9-20)24(25(31)23(21)15-30-27)12-19-6-4-3-5-7-19/h3-11,18,21,23-25,30H,12-17H2,1-2H3,(H,29,32). The smallest absolute Gasteiger partial charge is 0.240 e.